The summed E-state index contributed by atoms with van der Waals surface area (Å²) in [7, 11) is 0. The van der Waals surface area contributed by atoms with Crippen molar-refractivity contribution in [3.05, 3.63) is 40.7 Å². The highest BCUT2D eigenvalue weighted by Gasteiger charge is 2.22. The lowest BCUT2D eigenvalue weighted by molar-refractivity contribution is 0.564. The molecular weight excluding hydrogens is 235 g/mol. The van der Waals surface area contributed by atoms with Crippen molar-refractivity contribution in [2.75, 3.05) is 0 Å². The quantitative estimate of drug-likeness (QED) is 0.841. The van der Waals surface area contributed by atoms with Gasteiger partial charge < -0.3 is 5.73 Å². The Hall–Kier alpha value is -1.26. The predicted octanol–water partition coefficient (Wildman–Crippen LogP) is 3.29. The summed E-state index contributed by atoms with van der Waals surface area (Å²) >= 11 is 1.68. The summed E-state index contributed by atoms with van der Waals surface area (Å²) in [6, 6.07) is 6.55. The van der Waals surface area contributed by atoms with Crippen LogP contribution in [0.25, 0.3) is 10.6 Å². The molecule has 1 atom stereocenters. The third kappa shape index (κ3) is 1.98. The van der Waals surface area contributed by atoms with Crippen LogP contribution in [0.3, 0.4) is 0 Å². The van der Waals surface area contributed by atoms with Gasteiger partial charge in [-0.3, -0.25) is 0 Å². The Bertz CT molecular complexity index is 533. The van der Waals surface area contributed by atoms with Crippen molar-refractivity contribution in [3.63, 3.8) is 0 Å². The largest absolute Gasteiger partial charge is 0.323 e. The van der Waals surface area contributed by atoms with E-state index in [1.165, 1.54) is 17.0 Å². The zero-order chi connectivity index (χ0) is 11.8. The lowest BCUT2D eigenvalue weighted by Gasteiger charge is -2.15. The Morgan fingerprint density at radius 2 is 2.06 bits per heavy atom. The van der Waals surface area contributed by atoms with E-state index in [4.69, 9.17) is 5.73 Å². The molecule has 1 aromatic heterocycles. The molecule has 1 aliphatic rings. The van der Waals surface area contributed by atoms with Gasteiger partial charge in [0.25, 0.3) is 0 Å². The molecule has 0 saturated heterocycles. The summed E-state index contributed by atoms with van der Waals surface area (Å²) in [5.41, 5.74) is 8.06. The number of rotatable bonds is 1. The standard InChI is InChI=1S/C13H13FN2S/c14-9-6-4-8(5-7-9)13-16-12-10(15)2-1-3-11(12)17-13/h4-7,10H,1-3,15H2. The first-order chi connectivity index (χ1) is 8.24. The number of nitrogens with zero attached hydrogens (tertiary/aromatic N) is 1. The van der Waals surface area contributed by atoms with E-state index in [-0.39, 0.29) is 11.9 Å². The van der Waals surface area contributed by atoms with Crippen LogP contribution >= 0.6 is 11.3 Å². The SMILES string of the molecule is NC1CCCc2sc(-c3ccc(F)cc3)nc21. The molecule has 2 aromatic rings. The number of nitrogens with two attached hydrogens (primary N) is 1. The summed E-state index contributed by atoms with van der Waals surface area (Å²) in [6.45, 7) is 0. The molecule has 17 heavy (non-hydrogen) atoms. The number of aryl methyl sites for hydroxylation is 1. The highest BCUT2D eigenvalue weighted by atomic mass is 32.1. The predicted molar refractivity (Wildman–Crippen MR) is 67.4 cm³/mol. The van der Waals surface area contributed by atoms with Crippen molar-refractivity contribution in [2.45, 2.75) is 25.3 Å². The maximum atomic E-state index is 12.9. The van der Waals surface area contributed by atoms with Crippen LogP contribution in [0.5, 0.6) is 0 Å². The number of hydrogen-bond donors (Lipinski definition) is 1. The maximum Gasteiger partial charge on any atom is 0.123 e. The van der Waals surface area contributed by atoms with Crippen molar-refractivity contribution in [2.24, 2.45) is 5.73 Å². The second kappa shape index (κ2) is 4.20. The van der Waals surface area contributed by atoms with Crippen molar-refractivity contribution in [3.8, 4) is 10.6 Å². The number of fused-ring (bicyclic) bond motifs is 1. The van der Waals surface area contributed by atoms with E-state index >= 15 is 0 Å². The summed E-state index contributed by atoms with van der Waals surface area (Å²) in [5.74, 6) is -0.216. The lowest BCUT2D eigenvalue weighted by atomic mass is 9.99. The molecule has 0 fully saturated rings. The van der Waals surface area contributed by atoms with Gasteiger partial charge in [0.05, 0.1) is 5.69 Å². The van der Waals surface area contributed by atoms with Crippen LogP contribution in [0.4, 0.5) is 4.39 Å². The maximum absolute atomic E-state index is 12.9. The number of halogens is 1. The number of aromatic nitrogens is 1. The van der Waals surface area contributed by atoms with Crippen molar-refractivity contribution in [1.82, 2.24) is 4.98 Å². The van der Waals surface area contributed by atoms with Crippen molar-refractivity contribution in [1.29, 1.82) is 0 Å². The Morgan fingerprint density at radius 3 is 2.76 bits per heavy atom. The summed E-state index contributed by atoms with van der Waals surface area (Å²) in [6.07, 6.45) is 3.22. The topological polar surface area (TPSA) is 38.9 Å². The zero-order valence-corrected chi connectivity index (χ0v) is 10.1. The first-order valence-corrected chi connectivity index (χ1v) is 6.57. The van der Waals surface area contributed by atoms with Crippen LogP contribution in [0.2, 0.25) is 0 Å². The number of thiazole rings is 1. The number of benzene rings is 1. The highest BCUT2D eigenvalue weighted by Crippen LogP contribution is 2.35. The van der Waals surface area contributed by atoms with Crippen LogP contribution in [0.15, 0.2) is 24.3 Å². The Labute approximate surface area is 103 Å². The minimum atomic E-state index is -0.216. The molecule has 4 heteroatoms. The molecule has 0 radical (unpaired) electrons. The molecule has 1 unspecified atom stereocenters. The van der Waals surface area contributed by atoms with E-state index < -0.39 is 0 Å². The van der Waals surface area contributed by atoms with Gasteiger partial charge in [0.2, 0.25) is 0 Å². The third-order valence-electron chi connectivity index (χ3n) is 3.09. The van der Waals surface area contributed by atoms with E-state index in [1.807, 2.05) is 0 Å². The monoisotopic (exact) mass is 248 g/mol. The van der Waals surface area contributed by atoms with Gasteiger partial charge in [-0.2, -0.15) is 0 Å². The smallest absolute Gasteiger partial charge is 0.123 e. The average Bonchev–Trinajstić information content (AvgIpc) is 2.75. The van der Waals surface area contributed by atoms with E-state index in [9.17, 15) is 4.39 Å². The molecule has 0 aliphatic heterocycles. The molecule has 0 bridgehead atoms. The fourth-order valence-corrected chi connectivity index (χ4v) is 3.35. The second-order valence-electron chi connectivity index (χ2n) is 4.33. The molecule has 2 N–H and O–H groups in total. The first kappa shape index (κ1) is 10.9. The van der Waals surface area contributed by atoms with Gasteiger partial charge in [-0.1, -0.05) is 0 Å². The van der Waals surface area contributed by atoms with Crippen LogP contribution in [0.1, 0.15) is 29.5 Å². The number of hydrogen-bond acceptors (Lipinski definition) is 3. The third-order valence-corrected chi connectivity index (χ3v) is 4.27. The average molecular weight is 248 g/mol. The Morgan fingerprint density at radius 1 is 1.29 bits per heavy atom. The van der Waals surface area contributed by atoms with Crippen molar-refractivity contribution < 1.29 is 4.39 Å². The van der Waals surface area contributed by atoms with E-state index in [0.29, 0.717) is 0 Å². The van der Waals surface area contributed by atoms with Crippen LogP contribution in [0, 0.1) is 5.82 Å². The normalized spacial score (nSPS) is 19.1. The van der Waals surface area contributed by atoms with Crippen LogP contribution < -0.4 is 5.73 Å². The van der Waals surface area contributed by atoms with Gasteiger partial charge in [-0.15, -0.1) is 11.3 Å². The van der Waals surface area contributed by atoms with E-state index in [0.717, 1.165) is 35.5 Å². The molecule has 1 aliphatic carbocycles. The zero-order valence-electron chi connectivity index (χ0n) is 9.32. The van der Waals surface area contributed by atoms with Gasteiger partial charge in [0, 0.05) is 16.5 Å². The van der Waals surface area contributed by atoms with E-state index in [1.54, 1.807) is 23.5 Å². The van der Waals surface area contributed by atoms with Gasteiger partial charge >= 0.3 is 0 Å². The molecule has 2 nitrogen and oxygen atoms in total. The van der Waals surface area contributed by atoms with Crippen LogP contribution in [-0.4, -0.2) is 4.98 Å². The highest BCUT2D eigenvalue weighted by molar-refractivity contribution is 7.15. The van der Waals surface area contributed by atoms with E-state index in [2.05, 4.69) is 4.98 Å². The van der Waals surface area contributed by atoms with Gasteiger partial charge in [0.1, 0.15) is 10.8 Å². The minimum Gasteiger partial charge on any atom is -0.323 e. The Kier molecular flexibility index (Phi) is 2.68. The molecule has 1 aromatic carbocycles. The second-order valence-corrected chi connectivity index (χ2v) is 5.42. The fourth-order valence-electron chi connectivity index (χ4n) is 2.17. The molecule has 0 spiro atoms. The van der Waals surface area contributed by atoms with Gasteiger partial charge in [-0.25, -0.2) is 9.37 Å². The molecule has 1 heterocycles. The van der Waals surface area contributed by atoms with Crippen molar-refractivity contribution >= 4 is 11.3 Å². The molecule has 3 rings (SSSR count). The molecule has 0 saturated carbocycles. The summed E-state index contributed by atoms with van der Waals surface area (Å²) in [5, 5.41) is 0.951. The molecule has 88 valence electrons. The summed E-state index contributed by atoms with van der Waals surface area (Å²) in [4.78, 5) is 5.90. The summed E-state index contributed by atoms with van der Waals surface area (Å²) < 4.78 is 12.9. The Balaban J connectivity index is 2.02. The molecule has 0 amide bonds. The fraction of sp³-hybridized carbons (Fsp3) is 0.308. The molecular formula is C13H13FN2S. The lowest BCUT2D eigenvalue weighted by Crippen LogP contribution is -2.16. The van der Waals surface area contributed by atoms with Gasteiger partial charge in [0.15, 0.2) is 0 Å². The minimum absolute atomic E-state index is 0.0733. The van der Waals surface area contributed by atoms with Gasteiger partial charge in [-0.05, 0) is 43.5 Å². The van der Waals surface area contributed by atoms with Crippen LogP contribution in [-0.2, 0) is 6.42 Å². The first-order valence-electron chi connectivity index (χ1n) is 5.75.